The SMILES string of the molecule is CO[C@H]1CC([C@H](OC)[C@@H](C)C(=O)NCCc2ccccc2)N(C(=O)OC(C)(C)C)C1. The van der Waals surface area contributed by atoms with Crippen LogP contribution in [0.15, 0.2) is 30.3 Å². The second-order valence-corrected chi connectivity index (χ2v) is 8.81. The van der Waals surface area contributed by atoms with Gasteiger partial charge in [-0.3, -0.25) is 9.69 Å². The maximum absolute atomic E-state index is 12.8. The van der Waals surface area contributed by atoms with Crippen molar-refractivity contribution in [3.05, 3.63) is 35.9 Å². The van der Waals surface area contributed by atoms with Crippen LogP contribution < -0.4 is 5.32 Å². The predicted octanol–water partition coefficient (Wildman–Crippen LogP) is 3.02. The minimum Gasteiger partial charge on any atom is -0.444 e. The third-order valence-corrected chi connectivity index (χ3v) is 5.38. The van der Waals surface area contributed by atoms with Crippen molar-refractivity contribution in [1.29, 1.82) is 0 Å². The van der Waals surface area contributed by atoms with Gasteiger partial charge in [-0.2, -0.15) is 0 Å². The molecule has 0 bridgehead atoms. The highest BCUT2D eigenvalue weighted by molar-refractivity contribution is 5.79. The Labute approximate surface area is 180 Å². The molecule has 0 aromatic heterocycles. The Balaban J connectivity index is 2.02. The summed E-state index contributed by atoms with van der Waals surface area (Å²) in [6, 6.07) is 9.71. The van der Waals surface area contributed by atoms with Crippen LogP contribution in [-0.4, -0.2) is 68.1 Å². The highest BCUT2D eigenvalue weighted by Gasteiger charge is 2.45. The molecule has 2 amide bonds. The summed E-state index contributed by atoms with van der Waals surface area (Å²) in [5.41, 5.74) is 0.569. The van der Waals surface area contributed by atoms with Crippen LogP contribution in [0.1, 0.15) is 39.7 Å². The molecule has 0 spiro atoms. The van der Waals surface area contributed by atoms with Crippen LogP contribution in [0.5, 0.6) is 0 Å². The molecule has 1 heterocycles. The standard InChI is InChI=1S/C23H36N2O5/c1-16(21(26)24-13-12-17-10-8-7-9-11-17)20(29-6)19-14-18(28-5)15-25(19)22(27)30-23(2,3)4/h7-11,16,18-20H,12-15H2,1-6H3,(H,24,26)/t16-,18+,19?,20-/m1/s1. The third-order valence-electron chi connectivity index (χ3n) is 5.38. The van der Waals surface area contributed by atoms with E-state index in [1.807, 2.05) is 58.0 Å². The third kappa shape index (κ3) is 6.71. The first-order valence-electron chi connectivity index (χ1n) is 10.5. The lowest BCUT2D eigenvalue weighted by atomic mass is 9.94. The number of nitrogens with zero attached hydrogens (tertiary/aromatic N) is 1. The molecule has 0 radical (unpaired) electrons. The molecule has 0 saturated carbocycles. The van der Waals surface area contributed by atoms with Gasteiger partial charge in [0.25, 0.3) is 0 Å². The Hall–Kier alpha value is -2.12. The van der Waals surface area contributed by atoms with Crippen LogP contribution in [0.25, 0.3) is 0 Å². The molecule has 168 valence electrons. The summed E-state index contributed by atoms with van der Waals surface area (Å²) >= 11 is 0. The van der Waals surface area contributed by atoms with Crippen LogP contribution in [0.4, 0.5) is 4.79 Å². The molecule has 1 fully saturated rings. The summed E-state index contributed by atoms with van der Waals surface area (Å²) in [5, 5.41) is 2.99. The topological polar surface area (TPSA) is 77.1 Å². The molecule has 30 heavy (non-hydrogen) atoms. The van der Waals surface area contributed by atoms with E-state index in [9.17, 15) is 9.59 Å². The molecule has 1 aliphatic rings. The first-order valence-corrected chi connectivity index (χ1v) is 10.5. The zero-order chi connectivity index (χ0) is 22.3. The van der Waals surface area contributed by atoms with Gasteiger partial charge in [-0.1, -0.05) is 37.3 Å². The quantitative estimate of drug-likeness (QED) is 0.700. The van der Waals surface area contributed by atoms with Crippen LogP contribution >= 0.6 is 0 Å². The van der Waals surface area contributed by atoms with E-state index in [0.717, 1.165) is 6.42 Å². The van der Waals surface area contributed by atoms with Crippen LogP contribution in [0, 0.1) is 5.92 Å². The Morgan fingerprint density at radius 2 is 1.87 bits per heavy atom. The summed E-state index contributed by atoms with van der Waals surface area (Å²) in [7, 11) is 3.20. The van der Waals surface area contributed by atoms with Crippen LogP contribution in [-0.2, 0) is 25.4 Å². The van der Waals surface area contributed by atoms with Crippen LogP contribution in [0.2, 0.25) is 0 Å². The molecule has 1 aromatic rings. The van der Waals surface area contributed by atoms with Crippen molar-refractivity contribution in [2.45, 2.75) is 64.4 Å². The molecule has 7 nitrogen and oxygen atoms in total. The van der Waals surface area contributed by atoms with Gasteiger partial charge in [-0.15, -0.1) is 0 Å². The number of carbonyl (C=O) groups is 2. The van der Waals surface area contributed by atoms with Gasteiger partial charge in [0.1, 0.15) is 5.60 Å². The number of rotatable bonds is 8. The maximum atomic E-state index is 12.8. The van der Waals surface area contributed by atoms with Crippen molar-refractivity contribution in [2.24, 2.45) is 5.92 Å². The Morgan fingerprint density at radius 3 is 2.43 bits per heavy atom. The molecule has 1 aliphatic heterocycles. The van der Waals surface area contributed by atoms with E-state index >= 15 is 0 Å². The lowest BCUT2D eigenvalue weighted by molar-refractivity contribution is -0.130. The number of ether oxygens (including phenoxy) is 3. The van der Waals surface area contributed by atoms with E-state index in [4.69, 9.17) is 14.2 Å². The number of carbonyl (C=O) groups excluding carboxylic acids is 2. The van der Waals surface area contributed by atoms with Gasteiger partial charge in [-0.25, -0.2) is 4.79 Å². The number of hydrogen-bond donors (Lipinski definition) is 1. The van der Waals surface area contributed by atoms with E-state index in [-0.39, 0.29) is 18.1 Å². The zero-order valence-electron chi connectivity index (χ0n) is 19.0. The summed E-state index contributed by atoms with van der Waals surface area (Å²) in [6.45, 7) is 8.30. The predicted molar refractivity (Wildman–Crippen MR) is 115 cm³/mol. The highest BCUT2D eigenvalue weighted by atomic mass is 16.6. The van der Waals surface area contributed by atoms with Gasteiger partial charge in [0.05, 0.1) is 30.7 Å². The van der Waals surface area contributed by atoms with E-state index in [0.29, 0.717) is 19.5 Å². The number of benzene rings is 1. The fourth-order valence-corrected chi connectivity index (χ4v) is 3.82. The molecule has 1 unspecified atom stereocenters. The molecular formula is C23H36N2O5. The van der Waals surface area contributed by atoms with E-state index < -0.39 is 23.7 Å². The van der Waals surface area contributed by atoms with Gasteiger partial charge < -0.3 is 19.5 Å². The summed E-state index contributed by atoms with van der Waals surface area (Å²) in [6.07, 6.45) is 0.361. The maximum Gasteiger partial charge on any atom is 0.410 e. The summed E-state index contributed by atoms with van der Waals surface area (Å²) in [4.78, 5) is 27.2. The average molecular weight is 421 g/mol. The molecule has 0 aliphatic carbocycles. The number of nitrogens with one attached hydrogen (secondary N) is 1. The number of amides is 2. The molecule has 1 saturated heterocycles. The highest BCUT2D eigenvalue weighted by Crippen LogP contribution is 2.29. The van der Waals surface area contributed by atoms with Gasteiger partial charge in [0.15, 0.2) is 0 Å². The largest absolute Gasteiger partial charge is 0.444 e. The normalized spacial score (nSPS) is 21.2. The van der Waals surface area contributed by atoms with Crippen molar-refractivity contribution in [2.75, 3.05) is 27.3 Å². The van der Waals surface area contributed by atoms with Gasteiger partial charge in [0.2, 0.25) is 5.91 Å². The molecule has 1 N–H and O–H groups in total. The van der Waals surface area contributed by atoms with Crippen LogP contribution in [0.3, 0.4) is 0 Å². The molecule has 2 rings (SSSR count). The van der Waals surface area contributed by atoms with Crippen molar-refractivity contribution in [3.63, 3.8) is 0 Å². The number of likely N-dealkylation sites (tertiary alicyclic amines) is 1. The lowest BCUT2D eigenvalue weighted by Crippen LogP contribution is -2.50. The molecule has 7 heteroatoms. The fraction of sp³-hybridized carbons (Fsp3) is 0.652. The van der Waals surface area contributed by atoms with Crippen molar-refractivity contribution >= 4 is 12.0 Å². The van der Waals surface area contributed by atoms with Gasteiger partial charge in [0, 0.05) is 20.8 Å². The molecule has 4 atom stereocenters. The van der Waals surface area contributed by atoms with Crippen molar-refractivity contribution < 1.29 is 23.8 Å². The second-order valence-electron chi connectivity index (χ2n) is 8.81. The minimum atomic E-state index is -0.601. The first-order chi connectivity index (χ1) is 14.2. The Bertz CT molecular complexity index is 689. The van der Waals surface area contributed by atoms with E-state index in [1.165, 1.54) is 5.56 Å². The molecular weight excluding hydrogens is 384 g/mol. The first kappa shape index (κ1) is 24.2. The monoisotopic (exact) mass is 420 g/mol. The average Bonchev–Trinajstić information content (AvgIpc) is 3.12. The lowest BCUT2D eigenvalue weighted by Gasteiger charge is -2.34. The molecule has 1 aromatic carbocycles. The smallest absolute Gasteiger partial charge is 0.410 e. The zero-order valence-corrected chi connectivity index (χ0v) is 19.0. The second kappa shape index (κ2) is 10.8. The van der Waals surface area contributed by atoms with E-state index in [1.54, 1.807) is 19.1 Å². The Kier molecular flexibility index (Phi) is 8.67. The minimum absolute atomic E-state index is 0.0946. The summed E-state index contributed by atoms with van der Waals surface area (Å²) in [5.74, 6) is -0.529. The Morgan fingerprint density at radius 1 is 1.20 bits per heavy atom. The van der Waals surface area contributed by atoms with Gasteiger partial charge in [-0.05, 0) is 39.2 Å². The fourth-order valence-electron chi connectivity index (χ4n) is 3.82. The van der Waals surface area contributed by atoms with Gasteiger partial charge >= 0.3 is 6.09 Å². The summed E-state index contributed by atoms with van der Waals surface area (Å²) < 4.78 is 16.8. The number of hydrogen-bond acceptors (Lipinski definition) is 5. The van der Waals surface area contributed by atoms with Crippen molar-refractivity contribution in [3.8, 4) is 0 Å². The van der Waals surface area contributed by atoms with Crippen molar-refractivity contribution in [1.82, 2.24) is 10.2 Å². The van der Waals surface area contributed by atoms with E-state index in [2.05, 4.69) is 5.32 Å². The number of methoxy groups -OCH3 is 2.